The summed E-state index contributed by atoms with van der Waals surface area (Å²) >= 11 is 0. The topological polar surface area (TPSA) is 81.4 Å². The SMILES string of the molecule is CCOc1ccc(CNS(=O)(=O)c2ccc(-c3coc(C)n3)cc2)cc1. The molecule has 0 spiro atoms. The Morgan fingerprint density at radius 3 is 2.35 bits per heavy atom. The molecule has 26 heavy (non-hydrogen) atoms. The monoisotopic (exact) mass is 372 g/mol. The number of aromatic nitrogens is 1. The van der Waals surface area contributed by atoms with E-state index in [2.05, 4.69) is 9.71 Å². The maximum Gasteiger partial charge on any atom is 0.240 e. The van der Waals surface area contributed by atoms with Crippen LogP contribution in [-0.2, 0) is 16.6 Å². The predicted octanol–water partition coefficient (Wildman–Crippen LogP) is 3.53. The van der Waals surface area contributed by atoms with E-state index in [1.807, 2.05) is 31.2 Å². The Balaban J connectivity index is 1.67. The van der Waals surface area contributed by atoms with Gasteiger partial charge in [-0.25, -0.2) is 18.1 Å². The Morgan fingerprint density at radius 2 is 1.77 bits per heavy atom. The van der Waals surface area contributed by atoms with Crippen LogP contribution in [0, 0.1) is 6.92 Å². The molecule has 0 atom stereocenters. The molecule has 0 bridgehead atoms. The molecule has 0 aliphatic carbocycles. The minimum absolute atomic E-state index is 0.201. The van der Waals surface area contributed by atoms with Crippen molar-refractivity contribution in [2.24, 2.45) is 0 Å². The highest BCUT2D eigenvalue weighted by atomic mass is 32.2. The van der Waals surface area contributed by atoms with Crippen molar-refractivity contribution in [1.29, 1.82) is 0 Å². The number of hydrogen-bond acceptors (Lipinski definition) is 5. The van der Waals surface area contributed by atoms with E-state index in [0.29, 0.717) is 18.2 Å². The van der Waals surface area contributed by atoms with Crippen LogP contribution in [0.3, 0.4) is 0 Å². The zero-order chi connectivity index (χ0) is 18.6. The maximum absolute atomic E-state index is 12.5. The van der Waals surface area contributed by atoms with E-state index in [0.717, 1.165) is 16.9 Å². The first-order valence-corrected chi connectivity index (χ1v) is 9.70. The lowest BCUT2D eigenvalue weighted by Crippen LogP contribution is -2.23. The smallest absolute Gasteiger partial charge is 0.240 e. The fourth-order valence-electron chi connectivity index (χ4n) is 2.43. The van der Waals surface area contributed by atoms with Gasteiger partial charge in [-0.2, -0.15) is 0 Å². The molecule has 1 N–H and O–H groups in total. The van der Waals surface area contributed by atoms with Crippen LogP contribution in [0.4, 0.5) is 0 Å². The maximum atomic E-state index is 12.5. The van der Waals surface area contributed by atoms with Gasteiger partial charge >= 0.3 is 0 Å². The summed E-state index contributed by atoms with van der Waals surface area (Å²) in [4.78, 5) is 4.43. The Morgan fingerprint density at radius 1 is 1.08 bits per heavy atom. The first kappa shape index (κ1) is 18.2. The summed E-state index contributed by atoms with van der Waals surface area (Å²) in [5, 5.41) is 0. The van der Waals surface area contributed by atoms with E-state index >= 15 is 0 Å². The number of benzene rings is 2. The van der Waals surface area contributed by atoms with Crippen LogP contribution in [0.25, 0.3) is 11.3 Å². The van der Waals surface area contributed by atoms with Gasteiger partial charge in [0.1, 0.15) is 17.7 Å². The van der Waals surface area contributed by atoms with Crippen molar-refractivity contribution in [3.8, 4) is 17.0 Å². The Kier molecular flexibility index (Phi) is 5.39. The lowest BCUT2D eigenvalue weighted by molar-refractivity contribution is 0.340. The van der Waals surface area contributed by atoms with Crippen molar-refractivity contribution >= 4 is 10.0 Å². The standard InChI is InChI=1S/C19H20N2O4S/c1-3-24-17-8-4-15(5-9-17)12-20-26(22,23)18-10-6-16(7-11-18)19-13-25-14(2)21-19/h4-11,13,20H,3,12H2,1-2H3. The number of oxazole rings is 1. The molecular weight excluding hydrogens is 352 g/mol. The van der Waals surface area contributed by atoms with E-state index in [1.54, 1.807) is 37.5 Å². The summed E-state index contributed by atoms with van der Waals surface area (Å²) in [5.41, 5.74) is 2.33. The zero-order valence-electron chi connectivity index (χ0n) is 14.6. The number of hydrogen-bond donors (Lipinski definition) is 1. The van der Waals surface area contributed by atoms with Crippen molar-refractivity contribution in [2.45, 2.75) is 25.3 Å². The normalized spacial score (nSPS) is 11.5. The highest BCUT2D eigenvalue weighted by Gasteiger charge is 2.14. The molecule has 0 aliphatic heterocycles. The third-order valence-corrected chi connectivity index (χ3v) is 5.20. The highest BCUT2D eigenvalue weighted by molar-refractivity contribution is 7.89. The summed E-state index contributed by atoms with van der Waals surface area (Å²) in [6.45, 7) is 4.47. The van der Waals surface area contributed by atoms with Crippen LogP contribution < -0.4 is 9.46 Å². The first-order chi connectivity index (χ1) is 12.5. The summed E-state index contributed by atoms with van der Waals surface area (Å²) in [5.74, 6) is 1.33. The lowest BCUT2D eigenvalue weighted by Gasteiger charge is -2.08. The second-order valence-electron chi connectivity index (χ2n) is 5.68. The molecule has 3 rings (SSSR count). The minimum atomic E-state index is -3.60. The molecule has 0 saturated heterocycles. The van der Waals surface area contributed by atoms with Crippen molar-refractivity contribution in [2.75, 3.05) is 6.61 Å². The van der Waals surface area contributed by atoms with Crippen LogP contribution in [0.2, 0.25) is 0 Å². The van der Waals surface area contributed by atoms with Crippen molar-refractivity contribution in [3.63, 3.8) is 0 Å². The average Bonchev–Trinajstić information content (AvgIpc) is 3.08. The number of sulfonamides is 1. The molecule has 136 valence electrons. The Labute approximate surface area is 152 Å². The van der Waals surface area contributed by atoms with E-state index < -0.39 is 10.0 Å². The molecule has 3 aromatic rings. The summed E-state index contributed by atoms with van der Waals surface area (Å²) in [7, 11) is -3.60. The average molecular weight is 372 g/mol. The van der Waals surface area contributed by atoms with Crippen molar-refractivity contribution in [3.05, 3.63) is 66.2 Å². The summed E-state index contributed by atoms with van der Waals surface area (Å²) in [6.07, 6.45) is 1.54. The van der Waals surface area contributed by atoms with Gasteiger partial charge in [-0.3, -0.25) is 0 Å². The molecule has 2 aromatic carbocycles. The zero-order valence-corrected chi connectivity index (χ0v) is 15.4. The van der Waals surface area contributed by atoms with Crippen LogP contribution >= 0.6 is 0 Å². The molecule has 7 heteroatoms. The lowest BCUT2D eigenvalue weighted by atomic mass is 10.2. The van der Waals surface area contributed by atoms with Gasteiger partial charge in [-0.15, -0.1) is 0 Å². The Bertz CT molecular complexity index is 962. The third kappa shape index (κ3) is 4.30. The summed E-state index contributed by atoms with van der Waals surface area (Å²) < 4.78 is 38.1. The second kappa shape index (κ2) is 7.72. The minimum Gasteiger partial charge on any atom is -0.494 e. The van der Waals surface area contributed by atoms with Crippen LogP contribution in [0.1, 0.15) is 18.4 Å². The molecule has 1 heterocycles. The van der Waals surface area contributed by atoms with E-state index in [9.17, 15) is 8.42 Å². The molecule has 0 fully saturated rings. The van der Waals surface area contributed by atoms with E-state index in [-0.39, 0.29) is 11.4 Å². The largest absolute Gasteiger partial charge is 0.494 e. The van der Waals surface area contributed by atoms with E-state index in [4.69, 9.17) is 9.15 Å². The molecule has 0 saturated carbocycles. The van der Waals surface area contributed by atoms with Gasteiger partial charge in [0.25, 0.3) is 0 Å². The summed E-state index contributed by atoms with van der Waals surface area (Å²) in [6, 6.07) is 13.8. The predicted molar refractivity (Wildman–Crippen MR) is 98.3 cm³/mol. The van der Waals surface area contributed by atoms with Crippen LogP contribution in [0.5, 0.6) is 5.75 Å². The van der Waals surface area contributed by atoms with Gasteiger partial charge < -0.3 is 9.15 Å². The Hall–Kier alpha value is -2.64. The fraction of sp³-hybridized carbons (Fsp3) is 0.211. The number of rotatable bonds is 7. The van der Waals surface area contributed by atoms with Gasteiger partial charge in [0, 0.05) is 19.0 Å². The van der Waals surface area contributed by atoms with E-state index in [1.165, 1.54) is 0 Å². The van der Waals surface area contributed by atoms with Gasteiger partial charge in [0.2, 0.25) is 10.0 Å². The first-order valence-electron chi connectivity index (χ1n) is 8.22. The fourth-order valence-corrected chi connectivity index (χ4v) is 3.45. The van der Waals surface area contributed by atoms with Gasteiger partial charge in [-0.05, 0) is 36.8 Å². The van der Waals surface area contributed by atoms with Crippen molar-refractivity contribution in [1.82, 2.24) is 9.71 Å². The third-order valence-electron chi connectivity index (χ3n) is 3.78. The molecule has 0 unspecified atom stereocenters. The quantitative estimate of drug-likeness (QED) is 0.686. The number of nitrogens with zero attached hydrogens (tertiary/aromatic N) is 1. The number of nitrogens with one attached hydrogen (secondary N) is 1. The van der Waals surface area contributed by atoms with Gasteiger partial charge in [0.05, 0.1) is 11.5 Å². The molecular formula is C19H20N2O4S. The molecule has 0 amide bonds. The molecule has 0 aliphatic rings. The van der Waals surface area contributed by atoms with Crippen LogP contribution in [0.15, 0.2) is 64.1 Å². The number of aryl methyl sites for hydroxylation is 1. The second-order valence-corrected chi connectivity index (χ2v) is 7.44. The molecule has 1 aromatic heterocycles. The van der Waals surface area contributed by atoms with Crippen molar-refractivity contribution < 1.29 is 17.6 Å². The number of ether oxygens (including phenoxy) is 1. The van der Waals surface area contributed by atoms with Crippen LogP contribution in [-0.4, -0.2) is 20.0 Å². The van der Waals surface area contributed by atoms with Gasteiger partial charge in [0.15, 0.2) is 5.89 Å². The van der Waals surface area contributed by atoms with Gasteiger partial charge in [-0.1, -0.05) is 24.3 Å². The molecule has 0 radical (unpaired) electrons. The molecule has 6 nitrogen and oxygen atoms in total. The highest BCUT2D eigenvalue weighted by Crippen LogP contribution is 2.21.